The van der Waals surface area contributed by atoms with Gasteiger partial charge in [0.1, 0.15) is 6.10 Å². The second kappa shape index (κ2) is 9.09. The maximum atomic E-state index is 12.0. The van der Waals surface area contributed by atoms with E-state index in [2.05, 4.69) is 10.3 Å². The summed E-state index contributed by atoms with van der Waals surface area (Å²) in [5, 5.41) is 3.15. The van der Waals surface area contributed by atoms with Crippen LogP contribution >= 0.6 is 24.8 Å². The van der Waals surface area contributed by atoms with Gasteiger partial charge in [0.15, 0.2) is 0 Å². The van der Waals surface area contributed by atoms with E-state index in [0.717, 1.165) is 12.2 Å². The zero-order valence-electron chi connectivity index (χ0n) is 10.7. The van der Waals surface area contributed by atoms with Crippen molar-refractivity contribution in [1.29, 1.82) is 0 Å². The highest BCUT2D eigenvalue weighted by Gasteiger charge is 2.24. The van der Waals surface area contributed by atoms with Crippen LogP contribution in [-0.4, -0.2) is 48.6 Å². The Bertz CT molecular complexity index is 372. The summed E-state index contributed by atoms with van der Waals surface area (Å²) in [6.45, 7) is 2.51. The zero-order chi connectivity index (χ0) is 12.1. The molecule has 1 unspecified atom stereocenters. The first kappa shape index (κ1) is 18.1. The quantitative estimate of drug-likeness (QED) is 0.900. The predicted molar refractivity (Wildman–Crippen MR) is 77.8 cm³/mol. The Morgan fingerprint density at radius 2 is 2.32 bits per heavy atom. The highest BCUT2D eigenvalue weighted by molar-refractivity contribution is 5.85. The number of pyridine rings is 1. The van der Waals surface area contributed by atoms with E-state index in [0.29, 0.717) is 19.7 Å². The van der Waals surface area contributed by atoms with E-state index in [-0.39, 0.29) is 36.8 Å². The smallest absolute Gasteiger partial charge is 0.253 e. The number of likely N-dealkylation sites (N-methyl/N-ethyl adjacent to an activating group) is 1. The number of carbonyl (C=O) groups excluding carboxylic acids is 1. The van der Waals surface area contributed by atoms with Crippen molar-refractivity contribution in [3.63, 3.8) is 0 Å². The van der Waals surface area contributed by atoms with Gasteiger partial charge in [-0.1, -0.05) is 6.07 Å². The second-order valence-corrected chi connectivity index (χ2v) is 4.08. The molecule has 2 heterocycles. The summed E-state index contributed by atoms with van der Waals surface area (Å²) >= 11 is 0. The number of carbonyl (C=O) groups is 1. The van der Waals surface area contributed by atoms with Crippen molar-refractivity contribution in [2.75, 3.05) is 26.7 Å². The third-order valence-electron chi connectivity index (χ3n) is 2.70. The first-order chi connectivity index (χ1) is 8.27. The Morgan fingerprint density at radius 3 is 2.89 bits per heavy atom. The number of rotatable bonds is 3. The number of aromatic nitrogens is 1. The minimum Gasteiger partial charge on any atom is -0.366 e. The number of hydrogen-bond acceptors (Lipinski definition) is 4. The van der Waals surface area contributed by atoms with Gasteiger partial charge in [0.25, 0.3) is 5.91 Å². The lowest BCUT2D eigenvalue weighted by Crippen LogP contribution is -2.48. The fraction of sp³-hybridized carbons (Fsp3) is 0.500. The molecule has 5 nitrogen and oxygen atoms in total. The summed E-state index contributed by atoms with van der Waals surface area (Å²) in [5.41, 5.74) is 0.882. The molecule has 108 valence electrons. The molecule has 1 saturated heterocycles. The van der Waals surface area contributed by atoms with Crippen LogP contribution in [0.25, 0.3) is 0 Å². The third-order valence-corrected chi connectivity index (χ3v) is 2.70. The van der Waals surface area contributed by atoms with Crippen molar-refractivity contribution in [3.8, 4) is 0 Å². The molecule has 19 heavy (non-hydrogen) atoms. The van der Waals surface area contributed by atoms with Gasteiger partial charge in [0.2, 0.25) is 0 Å². The predicted octanol–water partition coefficient (Wildman–Crippen LogP) is 0.872. The van der Waals surface area contributed by atoms with Crippen molar-refractivity contribution < 1.29 is 9.53 Å². The van der Waals surface area contributed by atoms with Gasteiger partial charge < -0.3 is 15.0 Å². The van der Waals surface area contributed by atoms with Crippen LogP contribution < -0.4 is 5.32 Å². The summed E-state index contributed by atoms with van der Waals surface area (Å²) in [5.74, 6) is 0.00264. The van der Waals surface area contributed by atoms with Crippen LogP contribution in [0.1, 0.15) is 5.69 Å². The van der Waals surface area contributed by atoms with Gasteiger partial charge in [-0.2, -0.15) is 0 Å². The number of amides is 1. The molecule has 0 spiro atoms. The second-order valence-electron chi connectivity index (χ2n) is 4.08. The van der Waals surface area contributed by atoms with Gasteiger partial charge in [-0.25, -0.2) is 0 Å². The molecular formula is C12H19Cl2N3O2. The molecule has 0 radical (unpaired) electrons. The number of hydrogen-bond donors (Lipinski definition) is 1. The van der Waals surface area contributed by atoms with Crippen LogP contribution in [0.3, 0.4) is 0 Å². The molecule has 1 atom stereocenters. The van der Waals surface area contributed by atoms with Crippen molar-refractivity contribution in [2.24, 2.45) is 0 Å². The van der Waals surface area contributed by atoms with E-state index in [1.807, 2.05) is 18.2 Å². The maximum absolute atomic E-state index is 12.0. The van der Waals surface area contributed by atoms with Crippen LogP contribution in [0.15, 0.2) is 24.4 Å². The molecule has 1 aromatic heterocycles. The van der Waals surface area contributed by atoms with Crippen LogP contribution in [0.5, 0.6) is 0 Å². The molecule has 1 aliphatic heterocycles. The third kappa shape index (κ3) is 5.32. The largest absolute Gasteiger partial charge is 0.366 e. The number of ether oxygens (including phenoxy) is 1. The minimum atomic E-state index is -0.363. The van der Waals surface area contributed by atoms with Gasteiger partial charge in [-0.05, 0) is 12.1 Å². The van der Waals surface area contributed by atoms with E-state index < -0.39 is 0 Å². The number of nitrogens with zero attached hydrogens (tertiary/aromatic N) is 2. The molecule has 1 aromatic rings. The lowest BCUT2D eigenvalue weighted by molar-refractivity contribution is -0.144. The van der Waals surface area contributed by atoms with Crippen LogP contribution in [0.4, 0.5) is 0 Å². The van der Waals surface area contributed by atoms with Crippen molar-refractivity contribution in [2.45, 2.75) is 12.6 Å². The Balaban J connectivity index is 0.00000162. The standard InChI is InChI=1S/C12H17N3O2.2ClH/c1-15(9-10-4-2-3-5-14-10)12(16)11-8-13-6-7-17-11;;/h2-5,11,13H,6-9H2,1H3;2*1H. The Labute approximate surface area is 125 Å². The van der Waals surface area contributed by atoms with Gasteiger partial charge >= 0.3 is 0 Å². The minimum absolute atomic E-state index is 0. The lowest BCUT2D eigenvalue weighted by Gasteiger charge is -2.27. The van der Waals surface area contributed by atoms with Gasteiger partial charge in [-0.3, -0.25) is 9.78 Å². The summed E-state index contributed by atoms with van der Waals surface area (Å²) in [7, 11) is 1.77. The highest BCUT2D eigenvalue weighted by Crippen LogP contribution is 2.04. The van der Waals surface area contributed by atoms with Gasteiger partial charge in [-0.15, -0.1) is 24.8 Å². The Hall–Kier alpha value is -0.880. The highest BCUT2D eigenvalue weighted by atomic mass is 35.5. The number of halogens is 2. The van der Waals surface area contributed by atoms with Crippen LogP contribution in [0, 0.1) is 0 Å². The average molecular weight is 308 g/mol. The molecule has 0 bridgehead atoms. The molecule has 0 aliphatic carbocycles. The lowest BCUT2D eigenvalue weighted by atomic mass is 10.2. The van der Waals surface area contributed by atoms with Crippen molar-refractivity contribution >= 4 is 30.7 Å². The van der Waals surface area contributed by atoms with Crippen LogP contribution in [-0.2, 0) is 16.1 Å². The molecule has 2 rings (SSSR count). The van der Waals surface area contributed by atoms with Gasteiger partial charge in [0.05, 0.1) is 18.8 Å². The monoisotopic (exact) mass is 307 g/mol. The summed E-state index contributed by atoms with van der Waals surface area (Å²) in [6, 6.07) is 5.68. The van der Waals surface area contributed by atoms with Crippen LogP contribution in [0.2, 0.25) is 0 Å². The van der Waals surface area contributed by atoms with E-state index in [4.69, 9.17) is 4.74 Å². The SMILES string of the molecule is CN(Cc1ccccn1)C(=O)C1CNCCO1.Cl.Cl. The van der Waals surface area contributed by atoms with Gasteiger partial charge in [0, 0.05) is 26.3 Å². The fourth-order valence-electron chi connectivity index (χ4n) is 1.78. The summed E-state index contributed by atoms with van der Waals surface area (Å²) in [4.78, 5) is 17.9. The maximum Gasteiger partial charge on any atom is 0.253 e. The topological polar surface area (TPSA) is 54.5 Å². The van der Waals surface area contributed by atoms with E-state index in [1.54, 1.807) is 18.1 Å². The summed E-state index contributed by atoms with van der Waals surface area (Å²) in [6.07, 6.45) is 1.37. The average Bonchev–Trinajstić information content (AvgIpc) is 2.40. The molecule has 1 fully saturated rings. The molecule has 1 N–H and O–H groups in total. The fourth-order valence-corrected chi connectivity index (χ4v) is 1.78. The molecule has 0 saturated carbocycles. The summed E-state index contributed by atoms with van der Waals surface area (Å²) < 4.78 is 5.42. The Morgan fingerprint density at radius 1 is 1.53 bits per heavy atom. The molecule has 1 aliphatic rings. The first-order valence-electron chi connectivity index (χ1n) is 5.74. The number of morpholine rings is 1. The molecular weight excluding hydrogens is 289 g/mol. The van der Waals surface area contributed by atoms with E-state index >= 15 is 0 Å². The van der Waals surface area contributed by atoms with E-state index in [1.165, 1.54) is 0 Å². The normalized spacial score (nSPS) is 17.8. The molecule has 0 aromatic carbocycles. The Kier molecular flexibility index (Phi) is 8.67. The van der Waals surface area contributed by atoms with E-state index in [9.17, 15) is 4.79 Å². The molecule has 7 heteroatoms. The molecule has 1 amide bonds. The first-order valence-corrected chi connectivity index (χ1v) is 5.74. The zero-order valence-corrected chi connectivity index (χ0v) is 12.4. The number of nitrogens with one attached hydrogen (secondary N) is 1. The van der Waals surface area contributed by atoms with Crippen molar-refractivity contribution in [1.82, 2.24) is 15.2 Å². The van der Waals surface area contributed by atoms with Crippen molar-refractivity contribution in [3.05, 3.63) is 30.1 Å².